The lowest BCUT2D eigenvalue weighted by Gasteiger charge is -2.39. The van der Waals surface area contributed by atoms with Crippen molar-refractivity contribution in [1.29, 1.82) is 5.26 Å². The van der Waals surface area contributed by atoms with Crippen LogP contribution < -0.4 is 16.0 Å². The molecule has 4 heterocycles. The van der Waals surface area contributed by atoms with Crippen LogP contribution in [0.25, 0.3) is 16.8 Å². The molecule has 10 heteroatoms. The highest BCUT2D eigenvalue weighted by Gasteiger charge is 2.26. The summed E-state index contributed by atoms with van der Waals surface area (Å²) < 4.78 is 1.80. The largest absolute Gasteiger partial charge is 0.384 e. The SMILES string of the molecule is C[C@@H]1CN(C)CCN1c1cc(C(=O)NCc2ccc(C#N)cc2)nc2c(-c3ccnc(N)c3)cnn12. The van der Waals surface area contributed by atoms with Crippen LogP contribution in [0.3, 0.4) is 0 Å². The highest BCUT2D eigenvalue weighted by atomic mass is 16.1. The van der Waals surface area contributed by atoms with E-state index in [4.69, 9.17) is 16.0 Å². The zero-order valence-corrected chi connectivity index (χ0v) is 20.2. The minimum Gasteiger partial charge on any atom is -0.384 e. The number of carbonyl (C=O) groups is 1. The van der Waals surface area contributed by atoms with Crippen molar-refractivity contribution in [2.75, 3.05) is 37.3 Å². The number of carbonyl (C=O) groups excluding carboxylic acids is 1. The molecule has 0 saturated carbocycles. The second-order valence-corrected chi connectivity index (χ2v) is 9.06. The lowest BCUT2D eigenvalue weighted by Crippen LogP contribution is -2.51. The fourth-order valence-corrected chi connectivity index (χ4v) is 4.54. The van der Waals surface area contributed by atoms with Gasteiger partial charge >= 0.3 is 0 Å². The average molecular weight is 482 g/mol. The molecule has 5 rings (SSSR count). The van der Waals surface area contributed by atoms with Gasteiger partial charge in [0, 0.05) is 50.0 Å². The van der Waals surface area contributed by atoms with Crippen molar-refractivity contribution in [3.8, 4) is 17.2 Å². The first-order valence-corrected chi connectivity index (χ1v) is 11.8. The summed E-state index contributed by atoms with van der Waals surface area (Å²) in [4.78, 5) is 26.6. The summed E-state index contributed by atoms with van der Waals surface area (Å²) in [5.74, 6) is 0.930. The zero-order valence-electron chi connectivity index (χ0n) is 20.2. The number of nitrogen functional groups attached to an aromatic ring is 1. The van der Waals surface area contributed by atoms with Crippen LogP contribution in [0, 0.1) is 11.3 Å². The fraction of sp³-hybridized carbons (Fsp3) is 0.269. The molecule has 1 aromatic carbocycles. The quantitative estimate of drug-likeness (QED) is 0.444. The summed E-state index contributed by atoms with van der Waals surface area (Å²) >= 11 is 0. The molecule has 1 fully saturated rings. The number of hydrogen-bond acceptors (Lipinski definition) is 8. The number of pyridine rings is 1. The number of aromatic nitrogens is 4. The number of hydrogen-bond donors (Lipinski definition) is 2. The Labute approximate surface area is 209 Å². The third-order valence-corrected chi connectivity index (χ3v) is 6.44. The molecule has 1 atom stereocenters. The van der Waals surface area contributed by atoms with Crippen LogP contribution in [-0.4, -0.2) is 63.1 Å². The maximum atomic E-state index is 13.3. The van der Waals surface area contributed by atoms with Gasteiger partial charge in [-0.3, -0.25) is 4.79 Å². The minimum absolute atomic E-state index is 0.230. The van der Waals surface area contributed by atoms with E-state index in [0.29, 0.717) is 29.3 Å². The molecule has 182 valence electrons. The lowest BCUT2D eigenvalue weighted by molar-refractivity contribution is 0.0946. The topological polar surface area (TPSA) is 128 Å². The Morgan fingerprint density at radius 2 is 2.03 bits per heavy atom. The minimum atomic E-state index is -0.286. The van der Waals surface area contributed by atoms with Crippen LogP contribution in [0.2, 0.25) is 0 Å². The molecule has 0 spiro atoms. The monoisotopic (exact) mass is 481 g/mol. The van der Waals surface area contributed by atoms with Crippen LogP contribution in [0.5, 0.6) is 0 Å². The second-order valence-electron chi connectivity index (χ2n) is 9.06. The van der Waals surface area contributed by atoms with E-state index in [9.17, 15) is 4.79 Å². The zero-order chi connectivity index (χ0) is 25.2. The predicted molar refractivity (Wildman–Crippen MR) is 137 cm³/mol. The van der Waals surface area contributed by atoms with Crippen molar-refractivity contribution in [3.05, 3.63) is 71.7 Å². The van der Waals surface area contributed by atoms with Gasteiger partial charge in [0.05, 0.1) is 17.8 Å². The molecule has 1 aliphatic heterocycles. The number of piperazine rings is 1. The van der Waals surface area contributed by atoms with E-state index in [2.05, 4.69) is 45.2 Å². The molecule has 1 saturated heterocycles. The highest BCUT2D eigenvalue weighted by Crippen LogP contribution is 2.29. The third kappa shape index (κ3) is 4.56. The van der Waals surface area contributed by atoms with Crippen molar-refractivity contribution in [2.24, 2.45) is 0 Å². The molecule has 0 radical (unpaired) electrons. The summed E-state index contributed by atoms with van der Waals surface area (Å²) in [6.45, 7) is 5.11. The average Bonchev–Trinajstić information content (AvgIpc) is 3.31. The van der Waals surface area contributed by atoms with Crippen molar-refractivity contribution in [3.63, 3.8) is 0 Å². The number of nitrogens with one attached hydrogen (secondary N) is 1. The summed E-state index contributed by atoms with van der Waals surface area (Å²) in [5.41, 5.74) is 9.88. The standard InChI is InChI=1S/C26H27N9O/c1-17-16-33(2)9-10-34(17)24-12-22(26(36)30-14-19-5-3-18(13-27)4-6-19)32-25-21(15-31-35(24)25)20-7-8-29-23(28)11-20/h3-8,11-12,15,17H,9-10,14,16H2,1-2H3,(H2,28,29)(H,30,36)/t17-/m1/s1. The van der Waals surface area contributed by atoms with Gasteiger partial charge < -0.3 is 20.9 Å². The normalized spacial score (nSPS) is 16.1. The Balaban J connectivity index is 1.53. The summed E-state index contributed by atoms with van der Waals surface area (Å²) in [7, 11) is 2.11. The van der Waals surface area contributed by atoms with E-state index >= 15 is 0 Å². The Bertz CT molecular complexity index is 1450. The number of nitriles is 1. The Morgan fingerprint density at radius 3 is 2.75 bits per heavy atom. The van der Waals surface area contributed by atoms with Crippen molar-refractivity contribution in [1.82, 2.24) is 29.8 Å². The first-order valence-electron chi connectivity index (χ1n) is 11.8. The van der Waals surface area contributed by atoms with E-state index in [-0.39, 0.29) is 11.9 Å². The van der Waals surface area contributed by atoms with E-state index in [1.807, 2.05) is 18.2 Å². The number of amides is 1. The van der Waals surface area contributed by atoms with Gasteiger partial charge in [-0.15, -0.1) is 0 Å². The van der Waals surface area contributed by atoms with Crippen molar-refractivity contribution in [2.45, 2.75) is 19.5 Å². The number of rotatable bonds is 5. The number of nitrogens with two attached hydrogens (primary N) is 1. The first kappa shape index (κ1) is 23.3. The maximum Gasteiger partial charge on any atom is 0.270 e. The van der Waals surface area contributed by atoms with Gasteiger partial charge in [0.1, 0.15) is 17.3 Å². The third-order valence-electron chi connectivity index (χ3n) is 6.44. The van der Waals surface area contributed by atoms with Gasteiger partial charge in [0.2, 0.25) is 0 Å². The van der Waals surface area contributed by atoms with Gasteiger partial charge in [0.25, 0.3) is 5.91 Å². The van der Waals surface area contributed by atoms with E-state index < -0.39 is 0 Å². The van der Waals surface area contributed by atoms with Gasteiger partial charge in [0.15, 0.2) is 5.65 Å². The molecule has 4 aromatic rings. The van der Waals surface area contributed by atoms with Crippen LogP contribution in [-0.2, 0) is 6.54 Å². The molecule has 1 aliphatic rings. The second kappa shape index (κ2) is 9.64. The molecule has 0 bridgehead atoms. The van der Waals surface area contributed by atoms with Crippen LogP contribution in [0.15, 0.2) is 54.9 Å². The molecule has 1 amide bonds. The molecular weight excluding hydrogens is 454 g/mol. The van der Waals surface area contributed by atoms with E-state index in [1.54, 1.807) is 41.2 Å². The predicted octanol–water partition coefficient (Wildman–Crippen LogP) is 2.32. The van der Waals surface area contributed by atoms with E-state index in [1.165, 1.54) is 0 Å². The molecule has 3 aromatic heterocycles. The number of anilines is 2. The lowest BCUT2D eigenvalue weighted by atomic mass is 10.1. The van der Waals surface area contributed by atoms with Crippen molar-refractivity contribution < 1.29 is 4.79 Å². The highest BCUT2D eigenvalue weighted by molar-refractivity contribution is 5.94. The Morgan fingerprint density at radius 1 is 1.22 bits per heavy atom. The van der Waals surface area contributed by atoms with Gasteiger partial charge in [-0.25, -0.2) is 9.97 Å². The van der Waals surface area contributed by atoms with Crippen LogP contribution in [0.4, 0.5) is 11.6 Å². The van der Waals surface area contributed by atoms with Gasteiger partial charge in [-0.05, 0) is 49.4 Å². The Kier molecular flexibility index (Phi) is 6.23. The molecule has 0 aliphatic carbocycles. The number of benzene rings is 1. The smallest absolute Gasteiger partial charge is 0.270 e. The number of fused-ring (bicyclic) bond motifs is 1. The molecule has 10 nitrogen and oxygen atoms in total. The molecule has 36 heavy (non-hydrogen) atoms. The van der Waals surface area contributed by atoms with Gasteiger partial charge in [-0.1, -0.05) is 12.1 Å². The maximum absolute atomic E-state index is 13.3. The summed E-state index contributed by atoms with van der Waals surface area (Å²) in [5, 5.41) is 16.6. The molecular formula is C26H27N9O. The van der Waals surface area contributed by atoms with Crippen LogP contribution >= 0.6 is 0 Å². The van der Waals surface area contributed by atoms with Crippen LogP contribution in [0.1, 0.15) is 28.5 Å². The van der Waals surface area contributed by atoms with Crippen molar-refractivity contribution >= 4 is 23.2 Å². The van der Waals surface area contributed by atoms with E-state index in [0.717, 1.165) is 42.1 Å². The number of likely N-dealkylation sites (N-methyl/N-ethyl adjacent to an activating group) is 1. The molecule has 3 N–H and O–H groups in total. The fourth-order valence-electron chi connectivity index (χ4n) is 4.54. The Hall–Kier alpha value is -4.49. The molecule has 0 unspecified atom stereocenters. The van der Waals surface area contributed by atoms with Gasteiger partial charge in [-0.2, -0.15) is 14.9 Å². The number of nitrogens with zero attached hydrogens (tertiary/aromatic N) is 7. The summed E-state index contributed by atoms with van der Waals surface area (Å²) in [6.07, 6.45) is 3.39. The first-order chi connectivity index (χ1) is 17.4. The summed E-state index contributed by atoms with van der Waals surface area (Å²) in [6, 6.07) is 14.9.